The Balaban J connectivity index is 1.86. The van der Waals surface area contributed by atoms with Crippen molar-refractivity contribution in [2.75, 3.05) is 18.5 Å². The summed E-state index contributed by atoms with van der Waals surface area (Å²) >= 11 is 0. The van der Waals surface area contributed by atoms with E-state index in [1.807, 2.05) is 51.1 Å². The van der Waals surface area contributed by atoms with Crippen LogP contribution in [0.3, 0.4) is 0 Å². The quantitative estimate of drug-likeness (QED) is 0.642. The fourth-order valence-electron chi connectivity index (χ4n) is 2.79. The number of esters is 1. The molecule has 1 aromatic carbocycles. The van der Waals surface area contributed by atoms with E-state index in [9.17, 15) is 4.79 Å². The van der Waals surface area contributed by atoms with Gasteiger partial charge < -0.3 is 14.8 Å². The van der Waals surface area contributed by atoms with Crippen LogP contribution in [-0.4, -0.2) is 40.1 Å². The van der Waals surface area contributed by atoms with Gasteiger partial charge >= 0.3 is 5.97 Å². The molecule has 0 saturated carbocycles. The number of hydrogen-bond acceptors (Lipinski definition) is 6. The van der Waals surface area contributed by atoms with Crippen molar-refractivity contribution in [1.82, 2.24) is 14.8 Å². The smallest absolute Gasteiger partial charge is 0.338 e. The SMILES string of the molecule is CC1=C(C(=O)OCCOC(C)C)C(c2ccccc2)n2ncnc2N1. The van der Waals surface area contributed by atoms with Crippen molar-refractivity contribution in [3.8, 4) is 0 Å². The molecule has 0 amide bonds. The van der Waals surface area contributed by atoms with Crippen molar-refractivity contribution in [2.45, 2.75) is 32.9 Å². The van der Waals surface area contributed by atoms with Crippen molar-refractivity contribution < 1.29 is 14.3 Å². The van der Waals surface area contributed by atoms with Gasteiger partial charge in [-0.1, -0.05) is 30.3 Å². The fraction of sp³-hybridized carbons (Fsp3) is 0.389. The Morgan fingerprint density at radius 3 is 2.76 bits per heavy atom. The molecule has 1 aliphatic rings. The summed E-state index contributed by atoms with van der Waals surface area (Å²) in [5, 5.41) is 7.39. The number of hydrogen-bond donors (Lipinski definition) is 1. The Labute approximate surface area is 146 Å². The highest BCUT2D eigenvalue weighted by Gasteiger charge is 2.34. The van der Waals surface area contributed by atoms with Crippen LogP contribution in [0.5, 0.6) is 0 Å². The standard InChI is InChI=1S/C18H22N4O3/c1-12(2)24-9-10-25-17(23)15-13(3)21-18-19-11-20-22(18)16(15)14-7-5-4-6-8-14/h4-8,11-12,16H,9-10H2,1-3H3,(H,19,20,21). The largest absolute Gasteiger partial charge is 0.460 e. The van der Waals surface area contributed by atoms with Gasteiger partial charge in [0.2, 0.25) is 5.95 Å². The highest BCUT2D eigenvalue weighted by atomic mass is 16.6. The Hall–Kier alpha value is -2.67. The molecule has 132 valence electrons. The van der Waals surface area contributed by atoms with Crippen molar-refractivity contribution in [2.24, 2.45) is 0 Å². The third-order valence-electron chi connectivity index (χ3n) is 3.90. The van der Waals surface area contributed by atoms with E-state index in [0.29, 0.717) is 23.8 Å². The van der Waals surface area contributed by atoms with Gasteiger partial charge in [-0.2, -0.15) is 10.1 Å². The molecule has 2 aromatic rings. The molecule has 2 heterocycles. The molecule has 0 aliphatic carbocycles. The average Bonchev–Trinajstić information content (AvgIpc) is 3.05. The number of rotatable bonds is 6. The van der Waals surface area contributed by atoms with Crippen molar-refractivity contribution in [1.29, 1.82) is 0 Å². The summed E-state index contributed by atoms with van der Waals surface area (Å²) in [4.78, 5) is 16.9. The van der Waals surface area contributed by atoms with E-state index in [0.717, 1.165) is 5.56 Å². The summed E-state index contributed by atoms with van der Waals surface area (Å²) in [6, 6.07) is 9.35. The minimum absolute atomic E-state index is 0.103. The Bertz CT molecular complexity index is 768. The second-order valence-electron chi connectivity index (χ2n) is 6.06. The summed E-state index contributed by atoms with van der Waals surface area (Å²) in [7, 11) is 0. The highest BCUT2D eigenvalue weighted by Crippen LogP contribution is 2.34. The summed E-state index contributed by atoms with van der Waals surface area (Å²) in [5.41, 5.74) is 2.18. The van der Waals surface area contributed by atoms with Gasteiger partial charge in [-0.05, 0) is 26.3 Å². The first-order chi connectivity index (χ1) is 12.1. The summed E-state index contributed by atoms with van der Waals surface area (Å²) < 4.78 is 12.5. The Morgan fingerprint density at radius 2 is 2.04 bits per heavy atom. The van der Waals surface area contributed by atoms with E-state index < -0.39 is 0 Å². The molecular weight excluding hydrogens is 320 g/mol. The Morgan fingerprint density at radius 1 is 1.28 bits per heavy atom. The van der Waals surface area contributed by atoms with Gasteiger partial charge in [0.05, 0.1) is 18.3 Å². The normalized spacial score (nSPS) is 16.6. The van der Waals surface area contributed by atoms with E-state index in [4.69, 9.17) is 9.47 Å². The van der Waals surface area contributed by atoms with Gasteiger partial charge in [-0.15, -0.1) is 0 Å². The molecule has 0 bridgehead atoms. The fourth-order valence-corrected chi connectivity index (χ4v) is 2.79. The van der Waals surface area contributed by atoms with Crippen LogP contribution in [0.2, 0.25) is 0 Å². The topological polar surface area (TPSA) is 78.3 Å². The number of allylic oxidation sites excluding steroid dienone is 1. The second-order valence-corrected chi connectivity index (χ2v) is 6.06. The maximum Gasteiger partial charge on any atom is 0.338 e. The molecule has 25 heavy (non-hydrogen) atoms. The zero-order valence-electron chi connectivity index (χ0n) is 14.6. The third-order valence-corrected chi connectivity index (χ3v) is 3.90. The predicted molar refractivity (Wildman–Crippen MR) is 93.0 cm³/mol. The number of nitrogens with one attached hydrogen (secondary N) is 1. The van der Waals surface area contributed by atoms with Crippen LogP contribution in [0.1, 0.15) is 32.4 Å². The summed E-state index contributed by atoms with van der Waals surface area (Å²) in [6.45, 7) is 6.30. The van der Waals surface area contributed by atoms with Crippen molar-refractivity contribution in [3.63, 3.8) is 0 Å². The van der Waals surface area contributed by atoms with Gasteiger partial charge in [-0.25, -0.2) is 9.48 Å². The average molecular weight is 342 g/mol. The highest BCUT2D eigenvalue weighted by molar-refractivity contribution is 5.92. The number of carbonyl (C=O) groups is 1. The zero-order chi connectivity index (χ0) is 17.8. The van der Waals surface area contributed by atoms with Gasteiger partial charge in [0.1, 0.15) is 19.0 Å². The molecule has 3 rings (SSSR count). The maximum atomic E-state index is 12.7. The van der Waals surface area contributed by atoms with E-state index in [1.165, 1.54) is 6.33 Å². The lowest BCUT2D eigenvalue weighted by atomic mass is 9.96. The third kappa shape index (κ3) is 3.71. The van der Waals surface area contributed by atoms with Crippen molar-refractivity contribution >= 4 is 11.9 Å². The lowest BCUT2D eigenvalue weighted by Gasteiger charge is -2.28. The maximum absolute atomic E-state index is 12.7. The van der Waals surface area contributed by atoms with E-state index in [1.54, 1.807) is 4.68 Å². The number of benzene rings is 1. The van der Waals surface area contributed by atoms with Gasteiger partial charge in [0, 0.05) is 5.70 Å². The number of anilines is 1. The van der Waals surface area contributed by atoms with E-state index >= 15 is 0 Å². The van der Waals surface area contributed by atoms with Crippen LogP contribution in [0.15, 0.2) is 47.9 Å². The minimum atomic E-state index is -0.382. The molecule has 1 N–H and O–H groups in total. The first-order valence-electron chi connectivity index (χ1n) is 8.29. The molecular formula is C18H22N4O3. The number of fused-ring (bicyclic) bond motifs is 1. The molecule has 0 radical (unpaired) electrons. The van der Waals surface area contributed by atoms with Crippen LogP contribution in [0.25, 0.3) is 0 Å². The number of ether oxygens (including phenoxy) is 2. The Kier molecular flexibility index (Phi) is 5.14. The van der Waals surface area contributed by atoms with Gasteiger partial charge in [-0.3, -0.25) is 0 Å². The molecule has 1 unspecified atom stereocenters. The zero-order valence-corrected chi connectivity index (χ0v) is 14.6. The van der Waals surface area contributed by atoms with Crippen LogP contribution in [0.4, 0.5) is 5.95 Å². The first-order valence-corrected chi connectivity index (χ1v) is 8.29. The lowest BCUT2D eigenvalue weighted by Crippen LogP contribution is -2.30. The van der Waals surface area contributed by atoms with Gasteiger partial charge in [0.15, 0.2) is 0 Å². The number of nitrogens with zero attached hydrogens (tertiary/aromatic N) is 3. The van der Waals surface area contributed by atoms with Crippen LogP contribution in [0, 0.1) is 0 Å². The molecule has 1 aromatic heterocycles. The molecule has 0 fully saturated rings. The molecule has 0 saturated heterocycles. The molecule has 1 aliphatic heterocycles. The van der Waals surface area contributed by atoms with Crippen molar-refractivity contribution in [3.05, 3.63) is 53.5 Å². The number of carbonyl (C=O) groups excluding carboxylic acids is 1. The molecule has 7 nitrogen and oxygen atoms in total. The lowest BCUT2D eigenvalue weighted by molar-refractivity contribution is -0.141. The second kappa shape index (κ2) is 7.48. The molecule has 0 spiro atoms. The molecule has 7 heteroatoms. The first kappa shape index (κ1) is 17.2. The van der Waals surface area contributed by atoms with Crippen LogP contribution in [-0.2, 0) is 14.3 Å². The van der Waals surface area contributed by atoms with Crippen LogP contribution < -0.4 is 5.32 Å². The minimum Gasteiger partial charge on any atom is -0.460 e. The molecule has 1 atom stereocenters. The monoisotopic (exact) mass is 342 g/mol. The summed E-state index contributed by atoms with van der Waals surface area (Å²) in [6.07, 6.45) is 1.57. The van der Waals surface area contributed by atoms with Crippen LogP contribution >= 0.6 is 0 Å². The van der Waals surface area contributed by atoms with E-state index in [-0.39, 0.29) is 24.7 Å². The number of aromatic nitrogens is 3. The predicted octanol–water partition coefficient (Wildman–Crippen LogP) is 2.54. The van der Waals surface area contributed by atoms with E-state index in [2.05, 4.69) is 15.4 Å². The van der Waals surface area contributed by atoms with Gasteiger partial charge in [0.25, 0.3) is 0 Å². The summed E-state index contributed by atoms with van der Waals surface area (Å²) in [5.74, 6) is 0.221.